The lowest BCUT2D eigenvalue weighted by atomic mass is 9.79. The monoisotopic (exact) mass is 295 g/mol. The smallest absolute Gasteiger partial charge is 0.160 e. The first kappa shape index (κ1) is 13.6. The molecule has 0 radical (unpaired) electrons. The van der Waals surface area contributed by atoms with Crippen LogP contribution in [0.15, 0.2) is 42.5 Å². The summed E-state index contributed by atoms with van der Waals surface area (Å²) in [6, 6.07) is 14.8. The first-order valence-electron chi connectivity index (χ1n) is 8.05. The Kier molecular flexibility index (Phi) is 3.30. The summed E-state index contributed by atoms with van der Waals surface area (Å²) in [6.07, 6.45) is 3.04. The van der Waals surface area contributed by atoms with E-state index in [1.54, 1.807) is 6.07 Å². The van der Waals surface area contributed by atoms with E-state index >= 15 is 0 Å². The molecule has 22 heavy (non-hydrogen) atoms. The van der Waals surface area contributed by atoms with E-state index in [9.17, 15) is 10.2 Å². The van der Waals surface area contributed by atoms with Gasteiger partial charge in [0.05, 0.1) is 0 Å². The molecule has 3 heteroatoms. The molecule has 0 bridgehead atoms. The fraction of sp³-hybridized carbons (Fsp3) is 0.368. The van der Waals surface area contributed by atoms with Crippen LogP contribution in [0.1, 0.15) is 35.4 Å². The van der Waals surface area contributed by atoms with E-state index in [0.29, 0.717) is 12.0 Å². The minimum Gasteiger partial charge on any atom is -0.504 e. The van der Waals surface area contributed by atoms with Crippen LogP contribution in [-0.4, -0.2) is 27.7 Å². The number of phenols is 2. The predicted octanol–water partition coefficient (Wildman–Crippen LogP) is 3.40. The topological polar surface area (TPSA) is 43.7 Å². The first-order valence-corrected chi connectivity index (χ1v) is 8.05. The van der Waals surface area contributed by atoms with E-state index in [4.69, 9.17) is 0 Å². The molecule has 1 aliphatic heterocycles. The zero-order valence-electron chi connectivity index (χ0n) is 12.6. The zero-order valence-corrected chi connectivity index (χ0v) is 12.6. The van der Waals surface area contributed by atoms with Gasteiger partial charge in [-0.25, -0.2) is 0 Å². The first-order chi connectivity index (χ1) is 10.7. The van der Waals surface area contributed by atoms with Crippen LogP contribution in [0.2, 0.25) is 0 Å². The van der Waals surface area contributed by atoms with Crippen molar-refractivity contribution in [3.8, 4) is 11.5 Å². The maximum atomic E-state index is 10.1. The van der Waals surface area contributed by atoms with Crippen molar-refractivity contribution in [2.24, 2.45) is 0 Å². The summed E-state index contributed by atoms with van der Waals surface area (Å²) >= 11 is 0. The van der Waals surface area contributed by atoms with Gasteiger partial charge in [0.25, 0.3) is 0 Å². The van der Waals surface area contributed by atoms with E-state index < -0.39 is 0 Å². The molecular formula is C19H21NO2. The van der Waals surface area contributed by atoms with E-state index in [2.05, 4.69) is 35.2 Å². The molecule has 1 fully saturated rings. The molecule has 1 heterocycles. The minimum absolute atomic E-state index is 0.0105. The van der Waals surface area contributed by atoms with Gasteiger partial charge in [0.15, 0.2) is 11.5 Å². The summed E-state index contributed by atoms with van der Waals surface area (Å²) in [5, 5.41) is 19.8. The summed E-state index contributed by atoms with van der Waals surface area (Å²) in [5.41, 5.74) is 3.56. The number of aromatic hydroxyl groups is 2. The van der Waals surface area contributed by atoms with E-state index in [0.717, 1.165) is 37.9 Å². The number of nitrogens with zero attached hydrogens (tertiary/aromatic N) is 1. The van der Waals surface area contributed by atoms with Gasteiger partial charge in [-0.3, -0.25) is 4.90 Å². The van der Waals surface area contributed by atoms with Crippen molar-refractivity contribution in [1.29, 1.82) is 0 Å². The largest absolute Gasteiger partial charge is 0.504 e. The number of fused-ring (bicyclic) bond motifs is 3. The summed E-state index contributed by atoms with van der Waals surface area (Å²) in [7, 11) is 0. The second-order valence-electron chi connectivity index (χ2n) is 6.46. The lowest BCUT2D eigenvalue weighted by Gasteiger charge is -2.33. The van der Waals surface area contributed by atoms with Crippen molar-refractivity contribution in [3.05, 3.63) is 59.2 Å². The third kappa shape index (κ3) is 2.17. The summed E-state index contributed by atoms with van der Waals surface area (Å²) in [4.78, 5) is 2.58. The molecule has 2 aromatic rings. The Morgan fingerprint density at radius 2 is 1.82 bits per heavy atom. The number of rotatable bonds is 2. The van der Waals surface area contributed by atoms with Crippen LogP contribution in [0.4, 0.5) is 0 Å². The van der Waals surface area contributed by atoms with Crippen LogP contribution in [0.25, 0.3) is 0 Å². The van der Waals surface area contributed by atoms with Gasteiger partial charge < -0.3 is 10.2 Å². The third-order valence-electron chi connectivity index (χ3n) is 5.28. The predicted molar refractivity (Wildman–Crippen MR) is 86.1 cm³/mol. The highest BCUT2D eigenvalue weighted by Gasteiger charge is 2.39. The van der Waals surface area contributed by atoms with Gasteiger partial charge in [0, 0.05) is 24.1 Å². The molecule has 2 aromatic carbocycles. The Bertz CT molecular complexity index is 683. The fourth-order valence-corrected chi connectivity index (χ4v) is 4.22. The van der Waals surface area contributed by atoms with Crippen molar-refractivity contribution in [3.63, 3.8) is 0 Å². The van der Waals surface area contributed by atoms with E-state index in [1.807, 2.05) is 6.07 Å². The van der Waals surface area contributed by atoms with Gasteiger partial charge >= 0.3 is 0 Å². The summed E-state index contributed by atoms with van der Waals surface area (Å²) in [6.45, 7) is 2.10. The Balaban J connectivity index is 1.60. The van der Waals surface area contributed by atoms with Gasteiger partial charge in [-0.2, -0.15) is 0 Å². The van der Waals surface area contributed by atoms with E-state index in [-0.39, 0.29) is 11.5 Å². The quantitative estimate of drug-likeness (QED) is 0.835. The number of hydrogen-bond donors (Lipinski definition) is 2. The molecule has 1 aliphatic carbocycles. The van der Waals surface area contributed by atoms with Gasteiger partial charge in [0.1, 0.15) is 0 Å². The minimum atomic E-state index is 0.0105. The van der Waals surface area contributed by atoms with Crippen molar-refractivity contribution in [2.75, 3.05) is 6.54 Å². The Labute approximate surface area is 130 Å². The van der Waals surface area contributed by atoms with Gasteiger partial charge in [0.2, 0.25) is 0 Å². The fourth-order valence-electron chi connectivity index (χ4n) is 4.22. The second-order valence-corrected chi connectivity index (χ2v) is 6.46. The second kappa shape index (κ2) is 5.33. The van der Waals surface area contributed by atoms with Crippen molar-refractivity contribution in [2.45, 2.75) is 37.8 Å². The number of hydrogen-bond acceptors (Lipinski definition) is 3. The molecule has 0 saturated carbocycles. The van der Waals surface area contributed by atoms with Crippen LogP contribution >= 0.6 is 0 Å². The Morgan fingerprint density at radius 3 is 2.64 bits per heavy atom. The van der Waals surface area contributed by atoms with Crippen LogP contribution in [0, 0.1) is 0 Å². The highest BCUT2D eigenvalue weighted by Crippen LogP contribution is 2.46. The number of likely N-dealkylation sites (tertiary alicyclic amines) is 1. The summed E-state index contributed by atoms with van der Waals surface area (Å²) in [5.74, 6) is 0.591. The molecule has 2 atom stereocenters. The molecule has 0 unspecified atom stereocenters. The molecule has 2 N–H and O–H groups in total. The maximum Gasteiger partial charge on any atom is 0.160 e. The average molecular weight is 295 g/mol. The average Bonchev–Trinajstić information content (AvgIpc) is 2.95. The molecule has 0 amide bonds. The lowest BCUT2D eigenvalue weighted by molar-refractivity contribution is 0.218. The summed E-state index contributed by atoms with van der Waals surface area (Å²) < 4.78 is 0. The molecule has 4 rings (SSSR count). The normalized spacial score (nSPS) is 24.0. The van der Waals surface area contributed by atoms with Crippen LogP contribution in [-0.2, 0) is 13.0 Å². The SMILES string of the molecule is Oc1ccc2c(c1O)CC[C@@H]1[C@@H]2CCN1Cc1ccccc1. The number of phenolic OH excluding ortho intramolecular Hbond substituents is 2. The van der Waals surface area contributed by atoms with E-state index in [1.165, 1.54) is 11.1 Å². The molecule has 114 valence electrons. The molecule has 0 spiro atoms. The molecule has 0 aromatic heterocycles. The van der Waals surface area contributed by atoms with Gasteiger partial charge in [-0.05, 0) is 43.0 Å². The van der Waals surface area contributed by atoms with Crippen molar-refractivity contribution >= 4 is 0 Å². The van der Waals surface area contributed by atoms with Crippen LogP contribution in [0.5, 0.6) is 11.5 Å². The van der Waals surface area contributed by atoms with Gasteiger partial charge in [-0.1, -0.05) is 36.4 Å². The van der Waals surface area contributed by atoms with Crippen LogP contribution in [0.3, 0.4) is 0 Å². The van der Waals surface area contributed by atoms with Crippen molar-refractivity contribution < 1.29 is 10.2 Å². The molecular weight excluding hydrogens is 274 g/mol. The standard InChI is InChI=1S/C19H21NO2/c21-18-9-7-14-15-10-11-20(12-13-4-2-1-3-5-13)17(15)8-6-16(14)19(18)22/h1-5,7,9,15,17,21-22H,6,8,10-12H2/t15-,17-/m1/s1. The Morgan fingerprint density at radius 1 is 1.00 bits per heavy atom. The highest BCUT2D eigenvalue weighted by molar-refractivity contribution is 5.52. The van der Waals surface area contributed by atoms with Gasteiger partial charge in [-0.15, -0.1) is 0 Å². The highest BCUT2D eigenvalue weighted by atomic mass is 16.3. The molecule has 2 aliphatic rings. The zero-order chi connectivity index (χ0) is 15.1. The van der Waals surface area contributed by atoms with Crippen LogP contribution < -0.4 is 0 Å². The Hall–Kier alpha value is -2.00. The molecule has 3 nitrogen and oxygen atoms in total. The molecule has 1 saturated heterocycles. The number of benzene rings is 2. The lowest BCUT2D eigenvalue weighted by Crippen LogP contribution is -2.34. The maximum absolute atomic E-state index is 10.1. The van der Waals surface area contributed by atoms with Crippen molar-refractivity contribution in [1.82, 2.24) is 4.90 Å². The third-order valence-corrected chi connectivity index (χ3v) is 5.28.